The zero-order valence-electron chi connectivity index (χ0n) is 11.1. The maximum Gasteiger partial charge on any atom is 0.389 e. The molecule has 0 unspecified atom stereocenters. The van der Waals surface area contributed by atoms with E-state index in [-0.39, 0.29) is 12.6 Å². The highest BCUT2D eigenvalue weighted by Crippen LogP contribution is 2.10. The molecule has 0 aliphatic rings. The monoisotopic (exact) mass is 283 g/mol. The van der Waals surface area contributed by atoms with Crippen LogP contribution in [-0.4, -0.2) is 49.8 Å². The Morgan fingerprint density at radius 2 is 1.83 bits per heavy atom. The van der Waals surface area contributed by atoms with Gasteiger partial charge in [-0.25, -0.2) is 4.79 Å². The second-order valence-corrected chi connectivity index (χ2v) is 5.94. The molecule has 0 heterocycles. The van der Waals surface area contributed by atoms with Crippen LogP contribution in [0.5, 0.6) is 0 Å². The van der Waals surface area contributed by atoms with E-state index in [1.165, 1.54) is 0 Å². The van der Waals surface area contributed by atoms with Gasteiger partial charge in [-0.3, -0.25) is 0 Å². The average molecular weight is 283 g/mol. The van der Waals surface area contributed by atoms with E-state index in [9.17, 15) is 13.2 Å². The lowest BCUT2D eigenvalue weighted by molar-refractivity contribution is -0.137. The standard InChI is InChI=1S/C10H21NO6S/c1-8(2)6-16-7-11(9(3)4)18(14,15)17-10(13)5-12/h8-9,12H,5-7H2,1-4H3. The third-order valence-corrected chi connectivity index (χ3v) is 3.36. The predicted octanol–water partition coefficient (Wildman–Crippen LogP) is 0.107. The zero-order valence-corrected chi connectivity index (χ0v) is 11.9. The Labute approximate surface area is 108 Å². The molecule has 1 N–H and O–H groups in total. The highest BCUT2D eigenvalue weighted by Gasteiger charge is 2.29. The normalized spacial score (nSPS) is 12.4. The van der Waals surface area contributed by atoms with Crippen molar-refractivity contribution >= 4 is 16.3 Å². The Kier molecular flexibility index (Phi) is 7.37. The molecule has 0 bridgehead atoms. The third-order valence-electron chi connectivity index (χ3n) is 1.86. The van der Waals surface area contributed by atoms with E-state index < -0.39 is 28.9 Å². The molecule has 0 aromatic carbocycles. The van der Waals surface area contributed by atoms with Crippen LogP contribution in [0.15, 0.2) is 0 Å². The van der Waals surface area contributed by atoms with Crippen molar-refractivity contribution < 1.29 is 27.2 Å². The van der Waals surface area contributed by atoms with Crippen molar-refractivity contribution in [2.24, 2.45) is 5.92 Å². The summed E-state index contributed by atoms with van der Waals surface area (Å²) in [5.74, 6) is -0.953. The Morgan fingerprint density at radius 3 is 2.22 bits per heavy atom. The first-order valence-electron chi connectivity index (χ1n) is 5.63. The summed E-state index contributed by atoms with van der Waals surface area (Å²) >= 11 is 0. The largest absolute Gasteiger partial charge is 0.389 e. The third kappa shape index (κ3) is 6.29. The molecule has 0 amide bonds. The quantitative estimate of drug-likeness (QED) is 0.635. The molecule has 0 aromatic rings. The summed E-state index contributed by atoms with van der Waals surface area (Å²) in [5, 5.41) is 8.48. The van der Waals surface area contributed by atoms with E-state index in [1.54, 1.807) is 13.8 Å². The second-order valence-electron chi connectivity index (χ2n) is 4.45. The van der Waals surface area contributed by atoms with E-state index in [4.69, 9.17) is 9.84 Å². The molecule has 0 aliphatic carbocycles. The molecule has 108 valence electrons. The summed E-state index contributed by atoms with van der Waals surface area (Å²) in [7, 11) is -4.23. The van der Waals surface area contributed by atoms with Crippen LogP contribution < -0.4 is 0 Å². The van der Waals surface area contributed by atoms with Crippen molar-refractivity contribution in [3.63, 3.8) is 0 Å². The van der Waals surface area contributed by atoms with Gasteiger partial charge in [0.15, 0.2) is 0 Å². The summed E-state index contributed by atoms with van der Waals surface area (Å²) < 4.78 is 33.7. The van der Waals surface area contributed by atoms with Crippen LogP contribution in [0, 0.1) is 5.92 Å². The Bertz CT molecular complexity index is 351. The SMILES string of the molecule is CC(C)COCN(C(C)C)S(=O)(=O)OC(=O)CO. The lowest BCUT2D eigenvalue weighted by Crippen LogP contribution is -2.41. The highest BCUT2D eigenvalue weighted by atomic mass is 32.2. The maximum absolute atomic E-state index is 11.7. The van der Waals surface area contributed by atoms with Crippen LogP contribution in [-0.2, 0) is 24.0 Å². The summed E-state index contributed by atoms with van der Waals surface area (Å²) in [6, 6.07) is -0.423. The fourth-order valence-electron chi connectivity index (χ4n) is 1.04. The second kappa shape index (κ2) is 7.67. The first-order valence-corrected chi connectivity index (χ1v) is 7.00. The summed E-state index contributed by atoms with van der Waals surface area (Å²) in [6.45, 7) is 6.33. The minimum atomic E-state index is -4.23. The molecule has 0 saturated heterocycles. The number of carbonyl (C=O) groups excluding carboxylic acids is 1. The lowest BCUT2D eigenvalue weighted by Gasteiger charge is -2.24. The molecular weight excluding hydrogens is 262 g/mol. The van der Waals surface area contributed by atoms with E-state index in [1.807, 2.05) is 13.8 Å². The molecule has 0 radical (unpaired) electrons. The minimum Gasteiger partial charge on any atom is -0.385 e. The topological polar surface area (TPSA) is 93.1 Å². The van der Waals surface area contributed by atoms with E-state index in [0.29, 0.717) is 6.61 Å². The fourth-order valence-corrected chi connectivity index (χ4v) is 2.15. The number of hydrogen-bond acceptors (Lipinski definition) is 6. The lowest BCUT2D eigenvalue weighted by atomic mass is 10.2. The number of rotatable bonds is 8. The van der Waals surface area contributed by atoms with Gasteiger partial charge in [0, 0.05) is 6.04 Å². The predicted molar refractivity (Wildman–Crippen MR) is 64.7 cm³/mol. The Morgan fingerprint density at radius 1 is 1.28 bits per heavy atom. The molecule has 0 atom stereocenters. The molecule has 0 fully saturated rings. The van der Waals surface area contributed by atoms with Crippen LogP contribution in [0.3, 0.4) is 0 Å². The zero-order chi connectivity index (χ0) is 14.3. The number of carbonyl (C=O) groups is 1. The van der Waals surface area contributed by atoms with E-state index in [0.717, 1.165) is 4.31 Å². The maximum atomic E-state index is 11.7. The fraction of sp³-hybridized carbons (Fsp3) is 0.900. The number of ether oxygens (including phenoxy) is 1. The van der Waals surface area contributed by atoms with Crippen molar-refractivity contribution in [2.75, 3.05) is 19.9 Å². The van der Waals surface area contributed by atoms with Crippen LogP contribution in [0.1, 0.15) is 27.7 Å². The summed E-state index contributed by atoms with van der Waals surface area (Å²) in [5.41, 5.74) is 0. The van der Waals surface area contributed by atoms with Crippen molar-refractivity contribution in [3.8, 4) is 0 Å². The van der Waals surface area contributed by atoms with Gasteiger partial charge in [0.2, 0.25) is 0 Å². The summed E-state index contributed by atoms with van der Waals surface area (Å²) in [6.07, 6.45) is 0. The molecule has 18 heavy (non-hydrogen) atoms. The molecule has 0 saturated carbocycles. The molecule has 0 rings (SSSR count). The van der Waals surface area contributed by atoms with Crippen LogP contribution in [0.2, 0.25) is 0 Å². The first kappa shape index (κ1) is 17.3. The summed E-state index contributed by atoms with van der Waals surface area (Å²) in [4.78, 5) is 10.8. The Balaban J connectivity index is 4.62. The van der Waals surface area contributed by atoms with Gasteiger partial charge in [-0.05, 0) is 19.8 Å². The van der Waals surface area contributed by atoms with Gasteiger partial charge in [-0.1, -0.05) is 13.8 Å². The molecule has 0 aromatic heterocycles. The highest BCUT2D eigenvalue weighted by molar-refractivity contribution is 7.84. The van der Waals surface area contributed by atoms with E-state index >= 15 is 0 Å². The van der Waals surface area contributed by atoms with Crippen molar-refractivity contribution in [1.29, 1.82) is 0 Å². The molecule has 7 nitrogen and oxygen atoms in total. The van der Waals surface area contributed by atoms with Gasteiger partial charge >= 0.3 is 16.3 Å². The van der Waals surface area contributed by atoms with Gasteiger partial charge in [-0.2, -0.15) is 8.42 Å². The van der Waals surface area contributed by atoms with Crippen LogP contribution in [0.25, 0.3) is 0 Å². The molecule has 0 aliphatic heterocycles. The van der Waals surface area contributed by atoms with Crippen molar-refractivity contribution in [1.82, 2.24) is 4.31 Å². The van der Waals surface area contributed by atoms with Crippen LogP contribution >= 0.6 is 0 Å². The Hall–Kier alpha value is -0.700. The van der Waals surface area contributed by atoms with Gasteiger partial charge in [-0.15, -0.1) is 4.31 Å². The molecular formula is C10H21NO6S. The van der Waals surface area contributed by atoms with Crippen molar-refractivity contribution in [2.45, 2.75) is 33.7 Å². The first-order chi connectivity index (χ1) is 8.20. The average Bonchev–Trinajstić information content (AvgIpc) is 2.22. The number of aliphatic hydroxyl groups excluding tert-OH is 1. The number of nitrogens with zero attached hydrogens (tertiary/aromatic N) is 1. The van der Waals surface area contributed by atoms with Gasteiger partial charge in [0.25, 0.3) is 0 Å². The minimum absolute atomic E-state index is 0.198. The van der Waals surface area contributed by atoms with Gasteiger partial charge in [0.1, 0.15) is 13.3 Å². The molecule has 8 heteroatoms. The smallest absolute Gasteiger partial charge is 0.385 e. The number of aliphatic hydroxyl groups is 1. The van der Waals surface area contributed by atoms with Gasteiger partial charge in [0.05, 0.1) is 6.61 Å². The van der Waals surface area contributed by atoms with Crippen LogP contribution in [0.4, 0.5) is 0 Å². The van der Waals surface area contributed by atoms with Gasteiger partial charge < -0.3 is 14.0 Å². The van der Waals surface area contributed by atoms with E-state index in [2.05, 4.69) is 4.18 Å². The molecule has 0 spiro atoms. The number of hydrogen-bond donors (Lipinski definition) is 1. The van der Waals surface area contributed by atoms with Crippen molar-refractivity contribution in [3.05, 3.63) is 0 Å².